The van der Waals surface area contributed by atoms with Crippen LogP contribution in [-0.4, -0.2) is 59.8 Å². The molecule has 0 spiro atoms. The van der Waals surface area contributed by atoms with Crippen molar-refractivity contribution in [2.75, 3.05) is 43.9 Å². The number of rotatable bonds is 6. The van der Waals surface area contributed by atoms with Crippen LogP contribution in [0.15, 0.2) is 46.0 Å². The van der Waals surface area contributed by atoms with Gasteiger partial charge in [0.2, 0.25) is 11.8 Å². The predicted molar refractivity (Wildman–Crippen MR) is 107 cm³/mol. The lowest BCUT2D eigenvalue weighted by atomic mass is 10.3. The number of ether oxygens (including phenoxy) is 1. The monoisotopic (exact) mass is 436 g/mol. The van der Waals surface area contributed by atoms with E-state index in [0.717, 1.165) is 29.1 Å². The smallest absolute Gasteiger partial charge is 0.233 e. The van der Waals surface area contributed by atoms with Crippen molar-refractivity contribution in [3.63, 3.8) is 0 Å². The highest BCUT2D eigenvalue weighted by atomic mass is 79.9. The molecule has 0 saturated carbocycles. The van der Waals surface area contributed by atoms with Gasteiger partial charge in [0.05, 0.1) is 19.5 Å². The zero-order valence-corrected chi connectivity index (χ0v) is 17.0. The van der Waals surface area contributed by atoms with Crippen molar-refractivity contribution in [2.45, 2.75) is 11.3 Å². The molecule has 3 rings (SSSR count). The van der Waals surface area contributed by atoms with Gasteiger partial charge in [-0.1, -0.05) is 12.1 Å². The molecule has 1 aliphatic heterocycles. The summed E-state index contributed by atoms with van der Waals surface area (Å²) in [5.74, 6) is 2.29. The van der Waals surface area contributed by atoms with E-state index in [1.165, 1.54) is 4.90 Å². The molecule has 1 aliphatic rings. The first kappa shape index (κ1) is 19.0. The average Bonchev–Trinajstić information content (AvgIpc) is 2.69. The molecule has 138 valence electrons. The van der Waals surface area contributed by atoms with Crippen LogP contribution in [0.2, 0.25) is 0 Å². The molecule has 1 fully saturated rings. The highest BCUT2D eigenvalue weighted by Gasteiger charge is 2.22. The largest absolute Gasteiger partial charge is 0.480 e. The summed E-state index contributed by atoms with van der Waals surface area (Å²) in [6.07, 6.45) is 3.87. The molecule has 26 heavy (non-hydrogen) atoms. The fourth-order valence-electron chi connectivity index (χ4n) is 2.74. The minimum atomic E-state index is 0.209. The van der Waals surface area contributed by atoms with E-state index >= 15 is 0 Å². The zero-order valence-electron chi connectivity index (χ0n) is 14.6. The Kier molecular flexibility index (Phi) is 6.73. The Bertz CT molecular complexity index is 753. The number of anilines is 1. The molecule has 1 aromatic heterocycles. The maximum Gasteiger partial charge on any atom is 0.233 e. The number of hydrogen-bond donors (Lipinski definition) is 0. The average molecular weight is 437 g/mol. The lowest BCUT2D eigenvalue weighted by molar-refractivity contribution is -0.131. The molecule has 1 amide bonds. The molecule has 0 N–H and O–H groups in total. The van der Waals surface area contributed by atoms with Crippen LogP contribution < -0.4 is 9.64 Å². The number of amides is 1. The molecule has 6 nitrogen and oxygen atoms in total. The van der Waals surface area contributed by atoms with Crippen LogP contribution in [0.3, 0.4) is 0 Å². The summed E-state index contributed by atoms with van der Waals surface area (Å²) in [6, 6.07) is 8.08. The molecule has 2 aromatic rings. The van der Waals surface area contributed by atoms with Crippen LogP contribution in [0.4, 0.5) is 5.82 Å². The Labute approximate surface area is 166 Å². The van der Waals surface area contributed by atoms with Gasteiger partial charge in [-0.2, -0.15) is 4.98 Å². The predicted octanol–water partition coefficient (Wildman–Crippen LogP) is 3.08. The van der Waals surface area contributed by atoms with E-state index in [1.807, 2.05) is 23.1 Å². The van der Waals surface area contributed by atoms with Gasteiger partial charge >= 0.3 is 0 Å². The van der Waals surface area contributed by atoms with Crippen molar-refractivity contribution >= 4 is 39.4 Å². The van der Waals surface area contributed by atoms with Gasteiger partial charge < -0.3 is 14.5 Å². The second-order valence-corrected chi connectivity index (χ2v) is 7.81. The zero-order chi connectivity index (χ0) is 18.4. The Hall–Kier alpha value is -1.80. The lowest BCUT2D eigenvalue weighted by Crippen LogP contribution is -2.49. The van der Waals surface area contributed by atoms with E-state index in [4.69, 9.17) is 4.74 Å². The highest BCUT2D eigenvalue weighted by molar-refractivity contribution is 9.10. The molecule has 2 heterocycles. The van der Waals surface area contributed by atoms with Crippen LogP contribution in [0.25, 0.3) is 0 Å². The van der Waals surface area contributed by atoms with Gasteiger partial charge in [-0.05, 0) is 28.1 Å². The molecule has 0 radical (unpaired) electrons. The summed E-state index contributed by atoms with van der Waals surface area (Å²) in [4.78, 5) is 26.2. The van der Waals surface area contributed by atoms with Gasteiger partial charge in [0.25, 0.3) is 0 Å². The Balaban J connectivity index is 1.45. The van der Waals surface area contributed by atoms with Gasteiger partial charge in [-0.15, -0.1) is 11.8 Å². The Morgan fingerprint density at radius 2 is 2.00 bits per heavy atom. The van der Waals surface area contributed by atoms with Crippen molar-refractivity contribution in [3.05, 3.63) is 41.1 Å². The minimum absolute atomic E-state index is 0.209. The SMILES string of the molecule is COc1cncc(N2CCN(C(=O)CCSc3ccccc3Br)CC2)n1. The van der Waals surface area contributed by atoms with Crippen molar-refractivity contribution in [3.8, 4) is 5.88 Å². The fraction of sp³-hybridized carbons (Fsp3) is 0.389. The number of carbonyl (C=O) groups is 1. The number of nitrogens with zero attached hydrogens (tertiary/aromatic N) is 4. The van der Waals surface area contributed by atoms with E-state index in [-0.39, 0.29) is 5.91 Å². The van der Waals surface area contributed by atoms with Crippen LogP contribution in [0, 0.1) is 0 Å². The summed E-state index contributed by atoms with van der Waals surface area (Å²) in [5, 5.41) is 0. The molecule has 0 unspecified atom stereocenters. The quantitative estimate of drug-likeness (QED) is 0.648. The summed E-state index contributed by atoms with van der Waals surface area (Å²) in [6.45, 7) is 2.92. The topological polar surface area (TPSA) is 58.6 Å². The van der Waals surface area contributed by atoms with E-state index in [9.17, 15) is 4.79 Å². The third-order valence-corrected chi connectivity index (χ3v) is 6.20. The first-order chi connectivity index (χ1) is 12.7. The summed E-state index contributed by atoms with van der Waals surface area (Å²) < 4.78 is 6.20. The normalized spacial score (nSPS) is 14.4. The molecule has 1 aromatic carbocycles. The maximum atomic E-state index is 12.5. The van der Waals surface area contributed by atoms with Crippen LogP contribution in [0.1, 0.15) is 6.42 Å². The number of benzene rings is 1. The highest BCUT2D eigenvalue weighted by Crippen LogP contribution is 2.27. The van der Waals surface area contributed by atoms with E-state index in [1.54, 1.807) is 31.3 Å². The number of halogens is 1. The van der Waals surface area contributed by atoms with Crippen molar-refractivity contribution in [2.24, 2.45) is 0 Å². The van der Waals surface area contributed by atoms with Crippen molar-refractivity contribution in [1.82, 2.24) is 14.9 Å². The van der Waals surface area contributed by atoms with Gasteiger partial charge in [0, 0.05) is 47.7 Å². The van der Waals surface area contributed by atoms with Crippen molar-refractivity contribution in [1.29, 1.82) is 0 Å². The van der Waals surface area contributed by atoms with Crippen LogP contribution >= 0.6 is 27.7 Å². The van der Waals surface area contributed by atoms with Gasteiger partial charge in [0.15, 0.2) is 5.82 Å². The minimum Gasteiger partial charge on any atom is -0.480 e. The number of carbonyl (C=O) groups excluding carboxylic acids is 1. The van der Waals surface area contributed by atoms with Crippen molar-refractivity contribution < 1.29 is 9.53 Å². The molecular formula is C18H21BrN4O2S. The number of hydrogen-bond acceptors (Lipinski definition) is 6. The second-order valence-electron chi connectivity index (χ2n) is 5.82. The molecule has 0 aliphatic carbocycles. The van der Waals surface area contributed by atoms with Crippen LogP contribution in [0.5, 0.6) is 5.88 Å². The number of thioether (sulfide) groups is 1. The first-order valence-electron chi connectivity index (χ1n) is 8.43. The van der Waals surface area contributed by atoms with Gasteiger partial charge in [-0.25, -0.2) is 0 Å². The number of methoxy groups -OCH3 is 1. The fourth-order valence-corrected chi connectivity index (χ4v) is 4.25. The molecular weight excluding hydrogens is 416 g/mol. The van der Waals surface area contributed by atoms with E-state index < -0.39 is 0 Å². The first-order valence-corrected chi connectivity index (χ1v) is 10.2. The maximum absolute atomic E-state index is 12.5. The Morgan fingerprint density at radius 1 is 1.23 bits per heavy atom. The second kappa shape index (κ2) is 9.23. The third kappa shape index (κ3) is 4.88. The summed E-state index contributed by atoms with van der Waals surface area (Å²) >= 11 is 5.24. The third-order valence-electron chi connectivity index (χ3n) is 4.18. The summed E-state index contributed by atoms with van der Waals surface area (Å²) in [7, 11) is 1.58. The lowest BCUT2D eigenvalue weighted by Gasteiger charge is -2.35. The van der Waals surface area contributed by atoms with E-state index in [0.29, 0.717) is 25.4 Å². The molecule has 1 saturated heterocycles. The van der Waals surface area contributed by atoms with Gasteiger partial charge in [-0.3, -0.25) is 9.78 Å². The van der Waals surface area contributed by atoms with Crippen LogP contribution in [-0.2, 0) is 4.79 Å². The molecule has 0 atom stereocenters. The van der Waals surface area contributed by atoms with Gasteiger partial charge in [0.1, 0.15) is 0 Å². The molecule has 8 heteroatoms. The number of piperazine rings is 1. The number of aromatic nitrogens is 2. The molecule has 0 bridgehead atoms. The summed E-state index contributed by atoms with van der Waals surface area (Å²) in [5.41, 5.74) is 0. The van der Waals surface area contributed by atoms with E-state index in [2.05, 4.69) is 36.9 Å². The Morgan fingerprint density at radius 3 is 2.73 bits per heavy atom. The standard InChI is InChI=1S/C18H21BrN4O2S/c1-25-17-13-20-12-16(21-17)22-7-9-23(10-8-22)18(24)6-11-26-15-5-3-2-4-14(15)19/h2-5,12-13H,6-11H2,1H3.